The molecule has 0 bridgehead atoms. The molecule has 0 aliphatic heterocycles. The van der Waals surface area contributed by atoms with Gasteiger partial charge in [-0.2, -0.15) is 11.8 Å². The maximum atomic E-state index is 11.6. The first-order valence-electron chi connectivity index (χ1n) is 6.04. The molecule has 1 aromatic rings. The Hall–Kier alpha value is -1.53. The lowest BCUT2D eigenvalue weighted by Crippen LogP contribution is -2.14. The van der Waals surface area contributed by atoms with Gasteiger partial charge in [-0.3, -0.25) is 4.79 Å². The number of nitrogens with one attached hydrogen (secondary N) is 1. The van der Waals surface area contributed by atoms with Crippen LogP contribution in [0.3, 0.4) is 0 Å². The highest BCUT2D eigenvalue weighted by Gasteiger charge is 2.04. The van der Waals surface area contributed by atoms with Gasteiger partial charge in [0, 0.05) is 5.69 Å². The van der Waals surface area contributed by atoms with Crippen LogP contribution in [-0.2, 0) is 4.79 Å². The van der Waals surface area contributed by atoms with Crippen LogP contribution in [0.4, 0.5) is 5.69 Å². The van der Waals surface area contributed by atoms with E-state index in [1.54, 1.807) is 23.9 Å². The number of nitrogens with two attached hydrogens (primary N) is 1. The molecule has 0 spiro atoms. The summed E-state index contributed by atoms with van der Waals surface area (Å²) in [5.74, 6) is 0.252. The molecule has 1 amide bonds. The molecular formula is C13H18N2O3S. The first-order chi connectivity index (χ1) is 9.13. The highest BCUT2D eigenvalue weighted by atomic mass is 32.2. The number of carbonyl (C=O) groups is 2. The van der Waals surface area contributed by atoms with Gasteiger partial charge < -0.3 is 16.2 Å². The molecule has 0 atom stereocenters. The molecule has 0 saturated carbocycles. The second kappa shape index (κ2) is 8.55. The summed E-state index contributed by atoms with van der Waals surface area (Å²) >= 11 is 1.57. The molecule has 0 saturated heterocycles. The van der Waals surface area contributed by atoms with Gasteiger partial charge >= 0.3 is 5.97 Å². The molecule has 0 aromatic heterocycles. The summed E-state index contributed by atoms with van der Waals surface area (Å²) in [6.07, 6.45) is 1.99. The van der Waals surface area contributed by atoms with Crippen LogP contribution in [0.25, 0.3) is 0 Å². The quantitative estimate of drug-likeness (QED) is 0.632. The van der Waals surface area contributed by atoms with Crippen molar-refractivity contribution in [2.24, 2.45) is 5.73 Å². The second-order valence-electron chi connectivity index (χ2n) is 3.98. The lowest BCUT2D eigenvalue weighted by atomic mass is 10.2. The van der Waals surface area contributed by atoms with E-state index in [-0.39, 0.29) is 11.5 Å². The molecule has 5 nitrogen and oxygen atoms in total. The fraction of sp³-hybridized carbons (Fsp3) is 0.385. The van der Waals surface area contributed by atoms with Crippen LogP contribution in [0.2, 0.25) is 0 Å². The standard InChI is InChI=1S/C13H18N2O3S/c14-7-1-2-8-19-9-12(16)15-11-5-3-10(4-6-11)13(17)18/h3-6H,1-2,7-9,14H2,(H,15,16)(H,17,18). The summed E-state index contributed by atoms with van der Waals surface area (Å²) in [7, 11) is 0. The number of carboxylic acid groups (broad SMARTS) is 1. The van der Waals surface area contributed by atoms with Crippen LogP contribution in [-0.4, -0.2) is 35.0 Å². The molecule has 0 heterocycles. The van der Waals surface area contributed by atoms with Crippen LogP contribution >= 0.6 is 11.8 Å². The number of hydrogen-bond donors (Lipinski definition) is 3. The summed E-state index contributed by atoms with van der Waals surface area (Å²) < 4.78 is 0. The van der Waals surface area contributed by atoms with Gasteiger partial charge in [0.15, 0.2) is 0 Å². The van der Waals surface area contributed by atoms with Crippen LogP contribution in [0.15, 0.2) is 24.3 Å². The Morgan fingerprint density at radius 1 is 1.21 bits per heavy atom. The molecule has 0 fully saturated rings. The molecule has 0 aliphatic rings. The van der Waals surface area contributed by atoms with Crippen molar-refractivity contribution in [2.45, 2.75) is 12.8 Å². The van der Waals surface area contributed by atoms with Crippen molar-refractivity contribution >= 4 is 29.3 Å². The first kappa shape index (κ1) is 15.5. The van der Waals surface area contributed by atoms with Gasteiger partial charge in [0.25, 0.3) is 0 Å². The molecule has 19 heavy (non-hydrogen) atoms. The van der Waals surface area contributed by atoms with E-state index in [4.69, 9.17) is 10.8 Å². The SMILES string of the molecule is NCCCCSCC(=O)Nc1ccc(C(=O)O)cc1. The molecule has 0 unspecified atom stereocenters. The third-order valence-corrected chi connectivity index (χ3v) is 3.44. The Kier molecular flexibility index (Phi) is 6.99. The Labute approximate surface area is 116 Å². The maximum Gasteiger partial charge on any atom is 0.335 e. The van der Waals surface area contributed by atoms with Gasteiger partial charge in [-0.15, -0.1) is 0 Å². The zero-order valence-corrected chi connectivity index (χ0v) is 11.4. The fourth-order valence-electron chi connectivity index (χ4n) is 1.41. The summed E-state index contributed by atoms with van der Waals surface area (Å²) in [6.45, 7) is 0.683. The monoisotopic (exact) mass is 282 g/mol. The number of thioether (sulfide) groups is 1. The predicted octanol–water partition coefficient (Wildman–Crippen LogP) is 1.80. The molecule has 0 aliphatic carbocycles. The van der Waals surface area contributed by atoms with E-state index in [1.807, 2.05) is 0 Å². The molecule has 1 aromatic carbocycles. The Bertz CT molecular complexity index is 420. The van der Waals surface area contributed by atoms with Crippen LogP contribution in [0.1, 0.15) is 23.2 Å². The topological polar surface area (TPSA) is 92.4 Å². The average Bonchev–Trinajstić information content (AvgIpc) is 2.39. The van der Waals surface area contributed by atoms with Crippen LogP contribution in [0.5, 0.6) is 0 Å². The fourth-order valence-corrected chi connectivity index (χ4v) is 2.22. The normalized spacial score (nSPS) is 10.2. The zero-order valence-electron chi connectivity index (χ0n) is 10.6. The number of benzene rings is 1. The highest BCUT2D eigenvalue weighted by molar-refractivity contribution is 7.99. The van der Waals surface area contributed by atoms with E-state index in [0.29, 0.717) is 18.0 Å². The lowest BCUT2D eigenvalue weighted by Gasteiger charge is -2.05. The van der Waals surface area contributed by atoms with Gasteiger partial charge in [0.05, 0.1) is 11.3 Å². The van der Waals surface area contributed by atoms with E-state index in [0.717, 1.165) is 18.6 Å². The van der Waals surface area contributed by atoms with Gasteiger partial charge in [0.2, 0.25) is 5.91 Å². The van der Waals surface area contributed by atoms with Crippen molar-refractivity contribution in [3.05, 3.63) is 29.8 Å². The van der Waals surface area contributed by atoms with Crippen molar-refractivity contribution in [1.82, 2.24) is 0 Å². The highest BCUT2D eigenvalue weighted by Crippen LogP contribution is 2.11. The number of anilines is 1. The van der Waals surface area contributed by atoms with E-state index in [1.165, 1.54) is 12.1 Å². The van der Waals surface area contributed by atoms with E-state index < -0.39 is 5.97 Å². The van der Waals surface area contributed by atoms with Crippen molar-refractivity contribution in [3.63, 3.8) is 0 Å². The number of hydrogen-bond acceptors (Lipinski definition) is 4. The zero-order chi connectivity index (χ0) is 14.1. The number of unbranched alkanes of at least 4 members (excludes halogenated alkanes) is 1. The van der Waals surface area contributed by atoms with Crippen molar-refractivity contribution < 1.29 is 14.7 Å². The van der Waals surface area contributed by atoms with Crippen LogP contribution in [0, 0.1) is 0 Å². The maximum absolute atomic E-state index is 11.6. The van der Waals surface area contributed by atoms with Crippen molar-refractivity contribution in [2.75, 3.05) is 23.4 Å². The molecule has 104 valence electrons. The summed E-state index contributed by atoms with van der Waals surface area (Å²) in [5, 5.41) is 11.5. The largest absolute Gasteiger partial charge is 0.478 e. The molecule has 0 radical (unpaired) electrons. The van der Waals surface area contributed by atoms with Crippen LogP contribution < -0.4 is 11.1 Å². The molecular weight excluding hydrogens is 264 g/mol. The van der Waals surface area contributed by atoms with Gasteiger partial charge in [-0.25, -0.2) is 4.79 Å². The number of amides is 1. The minimum atomic E-state index is -0.978. The summed E-state index contributed by atoms with van der Waals surface area (Å²) in [4.78, 5) is 22.3. The smallest absolute Gasteiger partial charge is 0.335 e. The third kappa shape index (κ3) is 6.26. The number of carbonyl (C=O) groups excluding carboxylic acids is 1. The van der Waals surface area contributed by atoms with Gasteiger partial charge in [-0.05, 0) is 49.4 Å². The Morgan fingerprint density at radius 3 is 2.47 bits per heavy atom. The molecule has 4 N–H and O–H groups in total. The van der Waals surface area contributed by atoms with Crippen molar-refractivity contribution in [1.29, 1.82) is 0 Å². The summed E-state index contributed by atoms with van der Waals surface area (Å²) in [5.41, 5.74) is 6.19. The van der Waals surface area contributed by atoms with E-state index in [2.05, 4.69) is 5.32 Å². The first-order valence-corrected chi connectivity index (χ1v) is 7.20. The predicted molar refractivity (Wildman–Crippen MR) is 77.6 cm³/mol. The molecule has 1 rings (SSSR count). The average molecular weight is 282 g/mol. The Morgan fingerprint density at radius 2 is 1.89 bits per heavy atom. The third-order valence-electron chi connectivity index (χ3n) is 2.39. The van der Waals surface area contributed by atoms with E-state index in [9.17, 15) is 9.59 Å². The Balaban J connectivity index is 2.30. The summed E-state index contributed by atoms with van der Waals surface area (Å²) in [6, 6.07) is 6.10. The second-order valence-corrected chi connectivity index (χ2v) is 5.08. The number of carboxylic acids is 1. The van der Waals surface area contributed by atoms with Gasteiger partial charge in [0.1, 0.15) is 0 Å². The minimum Gasteiger partial charge on any atom is -0.478 e. The van der Waals surface area contributed by atoms with Crippen molar-refractivity contribution in [3.8, 4) is 0 Å². The molecule has 6 heteroatoms. The minimum absolute atomic E-state index is 0.0826. The number of rotatable bonds is 8. The lowest BCUT2D eigenvalue weighted by molar-refractivity contribution is -0.113. The van der Waals surface area contributed by atoms with Gasteiger partial charge in [-0.1, -0.05) is 0 Å². The van der Waals surface area contributed by atoms with E-state index >= 15 is 0 Å². The number of aromatic carboxylic acids is 1.